The van der Waals surface area contributed by atoms with E-state index in [1.54, 1.807) is 0 Å². The van der Waals surface area contributed by atoms with E-state index >= 15 is 0 Å². The molecule has 1 aliphatic rings. The Morgan fingerprint density at radius 1 is 1.45 bits per heavy atom. The molecule has 0 spiro atoms. The van der Waals surface area contributed by atoms with Crippen LogP contribution in [0.25, 0.3) is 0 Å². The fraction of sp³-hybridized carbons (Fsp3) is 0.800. The third-order valence-corrected chi connectivity index (χ3v) is 7.07. The third kappa shape index (κ3) is 4.18. The highest BCUT2D eigenvalue weighted by Crippen LogP contribution is 2.34. The summed E-state index contributed by atoms with van der Waals surface area (Å²) in [6, 6.07) is 2.78. The first-order chi connectivity index (χ1) is 9.61. The number of aryl methyl sites for hydroxylation is 2. The van der Waals surface area contributed by atoms with Gasteiger partial charge in [-0.15, -0.1) is 0 Å². The van der Waals surface area contributed by atoms with Gasteiger partial charge in [-0.2, -0.15) is 28.6 Å². The molecule has 2 rings (SSSR count). The topological polar surface area (TPSA) is 29.9 Å². The van der Waals surface area contributed by atoms with Crippen LogP contribution in [0, 0.1) is 6.92 Å². The van der Waals surface area contributed by atoms with Crippen LogP contribution in [0.2, 0.25) is 0 Å². The molecule has 0 saturated carbocycles. The lowest BCUT2D eigenvalue weighted by molar-refractivity contribution is 0.474. The van der Waals surface area contributed by atoms with Crippen LogP contribution in [0.1, 0.15) is 31.7 Å². The number of hydrogen-bond donors (Lipinski definition) is 1. The van der Waals surface area contributed by atoms with Gasteiger partial charge in [0, 0.05) is 47.2 Å². The average molecular weight is 314 g/mol. The summed E-state index contributed by atoms with van der Waals surface area (Å²) in [6.45, 7) is 7.81. The summed E-state index contributed by atoms with van der Waals surface area (Å²) in [4.78, 5) is 0. The second-order valence-electron chi connectivity index (χ2n) is 5.58. The quantitative estimate of drug-likeness (QED) is 0.874. The molecule has 5 heteroatoms. The second-order valence-corrected chi connectivity index (χ2v) is 8.35. The standard InChI is InChI=1S/C15H27N3S2/c1-5-6-16-14(15-12(3)19-7-8-20-15)10-13-9-11(2)17-18(13)4/h9,12,14-16H,5-8,10H2,1-4H3. The van der Waals surface area contributed by atoms with Gasteiger partial charge in [-0.25, -0.2) is 0 Å². The number of aromatic nitrogens is 2. The molecule has 0 radical (unpaired) electrons. The minimum atomic E-state index is 0.553. The number of nitrogens with one attached hydrogen (secondary N) is 1. The van der Waals surface area contributed by atoms with Crippen molar-refractivity contribution < 1.29 is 0 Å². The van der Waals surface area contributed by atoms with E-state index in [1.807, 2.05) is 4.68 Å². The van der Waals surface area contributed by atoms with Gasteiger partial charge in [0.25, 0.3) is 0 Å². The SMILES string of the molecule is CCCNC(Cc1cc(C)nn1C)C1SCCSC1C. The molecule has 20 heavy (non-hydrogen) atoms. The Morgan fingerprint density at radius 3 is 2.80 bits per heavy atom. The van der Waals surface area contributed by atoms with Gasteiger partial charge < -0.3 is 5.32 Å². The molecule has 0 amide bonds. The zero-order chi connectivity index (χ0) is 14.5. The van der Waals surface area contributed by atoms with Gasteiger partial charge in [0.15, 0.2) is 0 Å². The molecule has 2 heterocycles. The maximum absolute atomic E-state index is 4.49. The van der Waals surface area contributed by atoms with Crippen molar-refractivity contribution in [1.82, 2.24) is 15.1 Å². The maximum Gasteiger partial charge on any atom is 0.0596 e. The minimum absolute atomic E-state index is 0.553. The first-order valence-electron chi connectivity index (χ1n) is 7.58. The number of thioether (sulfide) groups is 2. The molecule has 1 saturated heterocycles. The third-order valence-electron chi connectivity index (χ3n) is 3.82. The van der Waals surface area contributed by atoms with Crippen molar-refractivity contribution in [2.45, 2.75) is 50.2 Å². The molecule has 0 aliphatic carbocycles. The normalized spacial score (nSPS) is 24.8. The monoisotopic (exact) mass is 313 g/mol. The summed E-state index contributed by atoms with van der Waals surface area (Å²) in [5.41, 5.74) is 2.47. The predicted molar refractivity (Wildman–Crippen MR) is 91.9 cm³/mol. The molecule has 1 fully saturated rings. The van der Waals surface area contributed by atoms with Crippen LogP contribution in [0.15, 0.2) is 6.07 Å². The Balaban J connectivity index is 2.08. The smallest absolute Gasteiger partial charge is 0.0596 e. The first-order valence-corrected chi connectivity index (χ1v) is 9.67. The van der Waals surface area contributed by atoms with Crippen LogP contribution in [-0.4, -0.2) is 44.4 Å². The highest BCUT2D eigenvalue weighted by molar-refractivity contribution is 8.07. The Labute approximate surface area is 131 Å². The molecule has 0 bridgehead atoms. The summed E-state index contributed by atoms with van der Waals surface area (Å²) in [5, 5.41) is 9.70. The van der Waals surface area contributed by atoms with Crippen LogP contribution < -0.4 is 5.32 Å². The Bertz CT molecular complexity index is 419. The Morgan fingerprint density at radius 2 is 2.20 bits per heavy atom. The number of rotatable bonds is 6. The number of hydrogen-bond acceptors (Lipinski definition) is 4. The van der Waals surface area contributed by atoms with Crippen molar-refractivity contribution in [3.63, 3.8) is 0 Å². The molecule has 3 unspecified atom stereocenters. The van der Waals surface area contributed by atoms with E-state index in [4.69, 9.17) is 0 Å². The van der Waals surface area contributed by atoms with Crippen molar-refractivity contribution in [1.29, 1.82) is 0 Å². The van der Waals surface area contributed by atoms with Crippen molar-refractivity contribution in [2.24, 2.45) is 7.05 Å². The van der Waals surface area contributed by atoms with Gasteiger partial charge in [-0.3, -0.25) is 4.68 Å². The van der Waals surface area contributed by atoms with Crippen LogP contribution in [0.4, 0.5) is 0 Å². The first kappa shape index (κ1) is 16.2. The van der Waals surface area contributed by atoms with Gasteiger partial charge in [-0.05, 0) is 26.0 Å². The molecular formula is C15H27N3S2. The molecule has 3 atom stereocenters. The lowest BCUT2D eigenvalue weighted by Crippen LogP contribution is -2.46. The van der Waals surface area contributed by atoms with E-state index in [0.717, 1.165) is 23.9 Å². The van der Waals surface area contributed by atoms with E-state index in [9.17, 15) is 0 Å². The summed E-state index contributed by atoms with van der Waals surface area (Å²) in [7, 11) is 2.06. The zero-order valence-corrected chi connectivity index (χ0v) is 14.7. The van der Waals surface area contributed by atoms with E-state index in [-0.39, 0.29) is 0 Å². The Hall–Kier alpha value is -0.130. The molecular weight excluding hydrogens is 286 g/mol. The minimum Gasteiger partial charge on any atom is -0.312 e. The number of nitrogens with zero attached hydrogens (tertiary/aromatic N) is 2. The Kier molecular flexibility index (Phi) is 6.30. The largest absolute Gasteiger partial charge is 0.312 e. The highest BCUT2D eigenvalue weighted by atomic mass is 32.2. The molecule has 3 nitrogen and oxygen atoms in total. The molecule has 1 N–H and O–H groups in total. The fourth-order valence-corrected chi connectivity index (χ4v) is 5.77. The van der Waals surface area contributed by atoms with E-state index in [1.165, 1.54) is 23.6 Å². The molecule has 1 aromatic rings. The van der Waals surface area contributed by atoms with Crippen molar-refractivity contribution in [3.8, 4) is 0 Å². The lowest BCUT2D eigenvalue weighted by atomic mass is 10.0. The average Bonchev–Trinajstić information content (AvgIpc) is 2.73. The lowest BCUT2D eigenvalue weighted by Gasteiger charge is -2.35. The van der Waals surface area contributed by atoms with E-state index < -0.39 is 0 Å². The van der Waals surface area contributed by atoms with Crippen molar-refractivity contribution in [3.05, 3.63) is 17.5 Å². The summed E-state index contributed by atoms with van der Waals surface area (Å²) < 4.78 is 2.04. The predicted octanol–water partition coefficient (Wildman–Crippen LogP) is 2.88. The van der Waals surface area contributed by atoms with E-state index in [2.05, 4.69) is 67.8 Å². The second kappa shape index (κ2) is 7.76. The molecule has 0 aromatic carbocycles. The molecule has 1 aliphatic heterocycles. The van der Waals surface area contributed by atoms with Crippen LogP contribution in [0.5, 0.6) is 0 Å². The van der Waals surface area contributed by atoms with Crippen LogP contribution >= 0.6 is 23.5 Å². The van der Waals surface area contributed by atoms with Gasteiger partial charge >= 0.3 is 0 Å². The summed E-state index contributed by atoms with van der Waals surface area (Å²) in [6.07, 6.45) is 2.28. The van der Waals surface area contributed by atoms with Gasteiger partial charge in [0.2, 0.25) is 0 Å². The zero-order valence-electron chi connectivity index (χ0n) is 13.1. The molecule has 114 valence electrons. The van der Waals surface area contributed by atoms with Gasteiger partial charge in [-0.1, -0.05) is 13.8 Å². The van der Waals surface area contributed by atoms with Gasteiger partial charge in [0.05, 0.1) is 5.69 Å². The molecule has 1 aromatic heterocycles. The van der Waals surface area contributed by atoms with Crippen molar-refractivity contribution >= 4 is 23.5 Å². The van der Waals surface area contributed by atoms with Crippen molar-refractivity contribution in [2.75, 3.05) is 18.1 Å². The van der Waals surface area contributed by atoms with Crippen LogP contribution in [-0.2, 0) is 13.5 Å². The summed E-state index contributed by atoms with van der Waals surface area (Å²) in [5.74, 6) is 2.59. The van der Waals surface area contributed by atoms with E-state index in [0.29, 0.717) is 11.3 Å². The highest BCUT2D eigenvalue weighted by Gasteiger charge is 2.30. The van der Waals surface area contributed by atoms with Crippen LogP contribution in [0.3, 0.4) is 0 Å². The maximum atomic E-state index is 4.49. The van der Waals surface area contributed by atoms with Gasteiger partial charge in [0.1, 0.15) is 0 Å². The fourth-order valence-electron chi connectivity index (χ4n) is 2.81. The summed E-state index contributed by atoms with van der Waals surface area (Å²) >= 11 is 4.27.